The van der Waals surface area contributed by atoms with Gasteiger partial charge in [0.2, 0.25) is 0 Å². The van der Waals surface area contributed by atoms with E-state index < -0.39 is 11.4 Å². The highest BCUT2D eigenvalue weighted by Gasteiger charge is 2.28. The largest absolute Gasteiger partial charge is 0.481 e. The molecule has 0 bridgehead atoms. The molecule has 0 unspecified atom stereocenters. The molecule has 7 heteroatoms. The average molecular weight is 312 g/mol. The Morgan fingerprint density at radius 1 is 1.22 bits per heavy atom. The molecular weight excluding hydrogens is 292 g/mol. The minimum absolute atomic E-state index is 0.174. The Hall–Kier alpha value is 0.180. The molecule has 0 amide bonds. The van der Waals surface area contributed by atoms with Gasteiger partial charge in [0.1, 0.15) is 3.53 Å². The molecule has 0 aromatic rings. The zero-order valence-corrected chi connectivity index (χ0v) is 13.5. The fourth-order valence-electron chi connectivity index (χ4n) is 0.813. The van der Waals surface area contributed by atoms with Crippen LogP contribution in [0.25, 0.3) is 0 Å². The highest BCUT2D eigenvalue weighted by Crippen LogP contribution is 2.30. The van der Waals surface area contributed by atoms with Crippen LogP contribution in [0.15, 0.2) is 0 Å². The second-order valence-electron chi connectivity index (χ2n) is 5.45. The minimum Gasteiger partial charge on any atom is -0.481 e. The van der Waals surface area contributed by atoms with Crippen LogP contribution in [0.5, 0.6) is 0 Å². The number of rotatable bonds is 7. The average Bonchev–Trinajstić information content (AvgIpc) is 2.23. The molecule has 0 aromatic carbocycles. The number of thioether (sulfide) groups is 2. The van der Waals surface area contributed by atoms with Gasteiger partial charge in [0, 0.05) is 16.9 Å². The summed E-state index contributed by atoms with van der Waals surface area (Å²) in [5, 5.41) is 17.4. The zero-order chi connectivity index (χ0) is 14.4. The van der Waals surface area contributed by atoms with Gasteiger partial charge in [-0.25, -0.2) is 4.89 Å². The van der Waals surface area contributed by atoms with Gasteiger partial charge in [-0.15, -0.1) is 23.5 Å². The molecular formula is C11H20O4S3. The Morgan fingerprint density at radius 3 is 2.17 bits per heavy atom. The molecule has 0 rings (SSSR count). The van der Waals surface area contributed by atoms with E-state index in [2.05, 4.69) is 4.89 Å². The van der Waals surface area contributed by atoms with Gasteiger partial charge in [-0.3, -0.25) is 10.1 Å². The van der Waals surface area contributed by atoms with Crippen LogP contribution in [0.1, 0.15) is 27.7 Å². The maximum Gasteiger partial charge on any atom is 0.309 e. The fourth-order valence-corrected chi connectivity index (χ4v) is 3.05. The van der Waals surface area contributed by atoms with E-state index in [0.717, 1.165) is 3.53 Å². The van der Waals surface area contributed by atoms with Crippen LogP contribution in [-0.4, -0.2) is 38.0 Å². The van der Waals surface area contributed by atoms with Crippen LogP contribution < -0.4 is 0 Å². The van der Waals surface area contributed by atoms with E-state index in [4.69, 9.17) is 22.6 Å². The second kappa shape index (κ2) is 7.69. The lowest BCUT2D eigenvalue weighted by Crippen LogP contribution is -2.26. The lowest BCUT2D eigenvalue weighted by Gasteiger charge is -2.22. The van der Waals surface area contributed by atoms with Crippen molar-refractivity contribution < 1.29 is 20.0 Å². The van der Waals surface area contributed by atoms with E-state index in [1.54, 1.807) is 13.8 Å². The number of carboxylic acid groups (broad SMARTS) is 1. The molecule has 0 aliphatic rings. The third-order valence-corrected chi connectivity index (χ3v) is 5.84. The molecule has 0 heterocycles. The van der Waals surface area contributed by atoms with E-state index in [1.807, 2.05) is 13.8 Å². The zero-order valence-electron chi connectivity index (χ0n) is 11.1. The molecule has 0 fully saturated rings. The first-order valence-corrected chi connectivity index (χ1v) is 7.78. The summed E-state index contributed by atoms with van der Waals surface area (Å²) in [5.41, 5.74) is -0.953. The van der Waals surface area contributed by atoms with Crippen molar-refractivity contribution in [1.82, 2.24) is 0 Å². The molecule has 0 saturated heterocycles. The minimum atomic E-state index is -0.822. The number of thiocarbonyl (C=S) groups is 1. The number of hydrogen-bond acceptors (Lipinski definition) is 6. The summed E-state index contributed by atoms with van der Waals surface area (Å²) in [7, 11) is 0. The summed E-state index contributed by atoms with van der Waals surface area (Å²) in [6.45, 7) is 7.53. The molecule has 0 aromatic heterocycles. The molecule has 0 saturated carbocycles. The predicted molar refractivity (Wildman–Crippen MR) is 81.3 cm³/mol. The summed E-state index contributed by atoms with van der Waals surface area (Å²) in [4.78, 5) is 15.1. The van der Waals surface area contributed by atoms with E-state index in [1.165, 1.54) is 23.5 Å². The Kier molecular flexibility index (Phi) is 7.77. The number of carbonyl (C=O) groups is 1. The first-order valence-electron chi connectivity index (χ1n) is 5.40. The summed E-state index contributed by atoms with van der Waals surface area (Å²) < 4.78 is 0.718. The monoisotopic (exact) mass is 312 g/mol. The van der Waals surface area contributed by atoms with Crippen LogP contribution in [0.3, 0.4) is 0 Å². The van der Waals surface area contributed by atoms with Gasteiger partial charge in [0.15, 0.2) is 0 Å². The summed E-state index contributed by atoms with van der Waals surface area (Å²) in [6.07, 6.45) is 0. The van der Waals surface area contributed by atoms with Crippen LogP contribution in [0.2, 0.25) is 0 Å². The Bertz CT molecular complexity index is 303. The van der Waals surface area contributed by atoms with Crippen molar-refractivity contribution in [3.8, 4) is 0 Å². The lowest BCUT2D eigenvalue weighted by atomic mass is 9.97. The molecule has 0 atom stereocenters. The Labute approximate surface area is 122 Å². The second-order valence-corrected chi connectivity index (χ2v) is 8.61. The molecule has 4 nitrogen and oxygen atoms in total. The molecule has 106 valence electrons. The van der Waals surface area contributed by atoms with Crippen molar-refractivity contribution in [2.24, 2.45) is 10.8 Å². The van der Waals surface area contributed by atoms with Crippen molar-refractivity contribution in [3.05, 3.63) is 0 Å². The van der Waals surface area contributed by atoms with E-state index >= 15 is 0 Å². The topological polar surface area (TPSA) is 66.8 Å². The number of carboxylic acids is 1. The van der Waals surface area contributed by atoms with Crippen molar-refractivity contribution in [2.45, 2.75) is 27.7 Å². The first kappa shape index (κ1) is 18.2. The van der Waals surface area contributed by atoms with Crippen LogP contribution >= 0.6 is 35.7 Å². The maximum atomic E-state index is 10.9. The van der Waals surface area contributed by atoms with Crippen molar-refractivity contribution >= 4 is 45.2 Å². The summed E-state index contributed by atoms with van der Waals surface area (Å²) in [5.74, 6) is 0.342. The van der Waals surface area contributed by atoms with Crippen molar-refractivity contribution in [3.63, 3.8) is 0 Å². The molecule has 0 aliphatic heterocycles. The quantitative estimate of drug-likeness (QED) is 0.424. The standard InChI is InChI=1S/C11H20O4S3/c1-10(2,5-15-14)6-17-9(16)18-7-11(3,4)8(12)13/h14H,5-7H2,1-4H3,(H,12,13). The fraction of sp³-hybridized carbons (Fsp3) is 0.818. The molecule has 0 spiro atoms. The highest BCUT2D eigenvalue weighted by molar-refractivity contribution is 8.47. The van der Waals surface area contributed by atoms with E-state index in [9.17, 15) is 4.79 Å². The number of aliphatic carboxylic acids is 1. The molecule has 2 N–H and O–H groups in total. The molecule has 0 radical (unpaired) electrons. The third kappa shape index (κ3) is 7.58. The highest BCUT2D eigenvalue weighted by atomic mass is 32.2. The van der Waals surface area contributed by atoms with Gasteiger partial charge < -0.3 is 5.11 Å². The van der Waals surface area contributed by atoms with E-state index in [-0.39, 0.29) is 12.0 Å². The van der Waals surface area contributed by atoms with Gasteiger partial charge in [-0.1, -0.05) is 26.1 Å². The lowest BCUT2D eigenvalue weighted by molar-refractivity contribution is -0.257. The van der Waals surface area contributed by atoms with Crippen LogP contribution in [0, 0.1) is 10.8 Å². The number of hydrogen-bond donors (Lipinski definition) is 2. The van der Waals surface area contributed by atoms with Crippen molar-refractivity contribution in [2.75, 3.05) is 18.1 Å². The first-order chi connectivity index (χ1) is 8.10. The Morgan fingerprint density at radius 2 is 1.72 bits per heavy atom. The van der Waals surface area contributed by atoms with Gasteiger partial charge >= 0.3 is 5.97 Å². The maximum absolute atomic E-state index is 10.9. The summed E-state index contributed by atoms with van der Waals surface area (Å²) >= 11 is 8.06. The molecule has 0 aliphatic carbocycles. The SMILES string of the molecule is CC(C)(COO)CSC(=S)SCC(C)(C)C(=O)O. The Balaban J connectivity index is 4.03. The van der Waals surface area contributed by atoms with Gasteiger partial charge in [-0.05, 0) is 13.8 Å². The molecule has 18 heavy (non-hydrogen) atoms. The normalized spacial score (nSPS) is 12.5. The van der Waals surface area contributed by atoms with Gasteiger partial charge in [0.05, 0.1) is 12.0 Å². The van der Waals surface area contributed by atoms with Crippen LogP contribution in [-0.2, 0) is 9.68 Å². The van der Waals surface area contributed by atoms with Crippen molar-refractivity contribution in [1.29, 1.82) is 0 Å². The smallest absolute Gasteiger partial charge is 0.309 e. The predicted octanol–water partition coefficient (Wildman–Crippen LogP) is 3.36. The van der Waals surface area contributed by atoms with Gasteiger partial charge in [0.25, 0.3) is 0 Å². The third-order valence-electron chi connectivity index (χ3n) is 2.17. The van der Waals surface area contributed by atoms with Gasteiger partial charge in [-0.2, -0.15) is 0 Å². The van der Waals surface area contributed by atoms with E-state index in [0.29, 0.717) is 11.5 Å². The van der Waals surface area contributed by atoms with Crippen LogP contribution in [0.4, 0.5) is 0 Å². The summed E-state index contributed by atoms with van der Waals surface area (Å²) in [6, 6.07) is 0.